The van der Waals surface area contributed by atoms with Crippen molar-refractivity contribution in [3.63, 3.8) is 0 Å². The number of fused-ring (bicyclic) bond motifs is 4. The molecule has 1 aliphatic heterocycles. The Balaban J connectivity index is 1.97. The van der Waals surface area contributed by atoms with Gasteiger partial charge in [-0.25, -0.2) is 9.97 Å². The van der Waals surface area contributed by atoms with Gasteiger partial charge in [-0.3, -0.25) is 19.2 Å². The topological polar surface area (TPSA) is 162 Å². The molecule has 2 aromatic heterocycles. The van der Waals surface area contributed by atoms with Crippen LogP contribution >= 0.6 is 22.7 Å². The largest absolute Gasteiger partial charge is 0.391 e. The maximum absolute atomic E-state index is 13.1. The van der Waals surface area contributed by atoms with E-state index < -0.39 is 53.9 Å². The van der Waals surface area contributed by atoms with Crippen LogP contribution in [0.4, 0.5) is 0 Å². The first-order chi connectivity index (χ1) is 16.5. The summed E-state index contributed by atoms with van der Waals surface area (Å²) in [7, 11) is 0. The van der Waals surface area contributed by atoms with Crippen molar-refractivity contribution in [1.82, 2.24) is 31.2 Å². The van der Waals surface area contributed by atoms with E-state index >= 15 is 0 Å². The highest BCUT2D eigenvalue weighted by molar-refractivity contribution is 7.10. The fourth-order valence-electron chi connectivity index (χ4n) is 3.47. The third-order valence-electron chi connectivity index (χ3n) is 5.35. The van der Waals surface area contributed by atoms with Gasteiger partial charge in [0, 0.05) is 10.8 Å². The van der Waals surface area contributed by atoms with Gasteiger partial charge in [0.2, 0.25) is 11.8 Å². The number of aliphatic hydroxyl groups excluding tert-OH is 1. The number of carbonyl (C=O) groups is 4. The van der Waals surface area contributed by atoms with E-state index in [1.807, 2.05) is 13.8 Å². The van der Waals surface area contributed by atoms with Gasteiger partial charge in [-0.15, -0.1) is 22.7 Å². The van der Waals surface area contributed by atoms with Crippen LogP contribution in [0.25, 0.3) is 0 Å². The first-order valence-corrected chi connectivity index (χ1v) is 13.0. The number of carbonyl (C=O) groups excluding carboxylic acids is 4. The fourth-order valence-corrected chi connectivity index (χ4v) is 5.09. The second-order valence-electron chi connectivity index (χ2n) is 8.95. The summed E-state index contributed by atoms with van der Waals surface area (Å²) in [5.41, 5.74) is 0.300. The molecule has 13 heteroatoms. The summed E-state index contributed by atoms with van der Waals surface area (Å²) >= 11 is 2.42. The highest BCUT2D eigenvalue weighted by Gasteiger charge is 2.32. The first-order valence-electron chi connectivity index (χ1n) is 11.3. The smallest absolute Gasteiger partial charge is 0.271 e. The lowest BCUT2D eigenvalue weighted by atomic mass is 10.0. The van der Waals surface area contributed by atoms with Crippen LogP contribution in [0.5, 0.6) is 0 Å². The Labute approximate surface area is 211 Å². The van der Waals surface area contributed by atoms with Crippen molar-refractivity contribution in [2.45, 2.75) is 71.3 Å². The summed E-state index contributed by atoms with van der Waals surface area (Å²) in [5, 5.41) is 25.2. The van der Waals surface area contributed by atoms with E-state index in [-0.39, 0.29) is 17.3 Å². The standard InChI is InChI=1S/C22H30N6O5S2/c1-9(2)6-13-17(30)28-16(12(5)29)20(33)24-11(4)22-26-14(7-34-22)18(31)23-10(3)21-27-15(8-35-21)19(32)25-13/h7-13,16,29H,6H2,1-5H3,(H,23,31)(H,24,33)(H,25,32)(H,28,30). The monoisotopic (exact) mass is 522 g/mol. The van der Waals surface area contributed by atoms with Crippen LogP contribution in [0.15, 0.2) is 10.8 Å². The summed E-state index contributed by atoms with van der Waals surface area (Å²) in [6.07, 6.45) is -0.889. The lowest BCUT2D eigenvalue weighted by Crippen LogP contribution is -2.57. The zero-order valence-electron chi connectivity index (χ0n) is 20.1. The molecule has 0 radical (unpaired) electrons. The highest BCUT2D eigenvalue weighted by Crippen LogP contribution is 2.22. The molecule has 11 nitrogen and oxygen atoms in total. The Kier molecular flexibility index (Phi) is 8.56. The van der Waals surface area contributed by atoms with Crippen LogP contribution < -0.4 is 21.3 Å². The molecule has 1 aliphatic rings. The number of aromatic nitrogens is 2. The molecule has 3 rings (SSSR count). The SMILES string of the molecule is CC(C)CC1NC(=O)c2csc(n2)C(C)NC(=O)c2csc(n2)C(C)NC(=O)C(C(C)O)NC1=O. The summed E-state index contributed by atoms with van der Waals surface area (Å²) in [4.78, 5) is 60.2. The number of amides is 4. The Morgan fingerprint density at radius 2 is 1.34 bits per heavy atom. The predicted molar refractivity (Wildman–Crippen MR) is 131 cm³/mol. The molecule has 4 bridgehead atoms. The summed E-state index contributed by atoms with van der Waals surface area (Å²) in [5.74, 6) is -2.11. The van der Waals surface area contributed by atoms with Gasteiger partial charge in [-0.1, -0.05) is 13.8 Å². The van der Waals surface area contributed by atoms with Crippen molar-refractivity contribution < 1.29 is 24.3 Å². The molecule has 5 atom stereocenters. The second kappa shape index (κ2) is 11.2. The van der Waals surface area contributed by atoms with Gasteiger partial charge in [0.15, 0.2) is 0 Å². The Morgan fingerprint density at radius 3 is 1.86 bits per heavy atom. The van der Waals surface area contributed by atoms with E-state index in [9.17, 15) is 24.3 Å². The van der Waals surface area contributed by atoms with Gasteiger partial charge in [-0.05, 0) is 33.1 Å². The molecule has 3 heterocycles. The molecule has 0 aromatic carbocycles. The third kappa shape index (κ3) is 6.61. The molecule has 0 aliphatic carbocycles. The van der Waals surface area contributed by atoms with Gasteiger partial charge < -0.3 is 26.4 Å². The van der Waals surface area contributed by atoms with Crippen LogP contribution in [0.2, 0.25) is 0 Å². The van der Waals surface area contributed by atoms with E-state index in [0.29, 0.717) is 16.4 Å². The molecule has 2 aromatic rings. The van der Waals surface area contributed by atoms with Gasteiger partial charge in [0.25, 0.3) is 11.8 Å². The minimum absolute atomic E-state index is 0.0584. The summed E-state index contributed by atoms with van der Waals surface area (Å²) < 4.78 is 0. The number of nitrogens with zero attached hydrogens (tertiary/aromatic N) is 2. The number of aliphatic hydroxyl groups is 1. The van der Waals surface area contributed by atoms with Crippen molar-refractivity contribution in [3.8, 4) is 0 Å². The third-order valence-corrected chi connectivity index (χ3v) is 7.40. The number of rotatable bonds is 3. The van der Waals surface area contributed by atoms with Crippen molar-refractivity contribution in [2.24, 2.45) is 5.92 Å². The quantitative estimate of drug-likeness (QED) is 0.406. The Morgan fingerprint density at radius 1 is 0.829 bits per heavy atom. The van der Waals surface area contributed by atoms with Gasteiger partial charge in [0.05, 0.1) is 18.2 Å². The molecule has 35 heavy (non-hydrogen) atoms. The van der Waals surface area contributed by atoms with Crippen LogP contribution in [0.1, 0.15) is 84.1 Å². The Hall–Kier alpha value is -2.90. The van der Waals surface area contributed by atoms with Crippen LogP contribution in [-0.2, 0) is 9.59 Å². The van der Waals surface area contributed by atoms with Gasteiger partial charge in [0.1, 0.15) is 33.5 Å². The number of hydrogen-bond acceptors (Lipinski definition) is 9. The normalized spacial score (nSPS) is 25.1. The molecular weight excluding hydrogens is 492 g/mol. The van der Waals surface area contributed by atoms with E-state index in [1.54, 1.807) is 24.6 Å². The van der Waals surface area contributed by atoms with Crippen molar-refractivity contribution >= 4 is 46.3 Å². The molecule has 4 amide bonds. The van der Waals surface area contributed by atoms with E-state index in [4.69, 9.17) is 0 Å². The summed E-state index contributed by atoms with van der Waals surface area (Å²) in [6, 6.07) is -3.26. The highest BCUT2D eigenvalue weighted by atomic mass is 32.1. The molecule has 5 unspecified atom stereocenters. The molecule has 0 saturated heterocycles. The second-order valence-corrected chi connectivity index (χ2v) is 10.7. The van der Waals surface area contributed by atoms with Crippen molar-refractivity contribution in [1.29, 1.82) is 0 Å². The predicted octanol–water partition coefficient (Wildman–Crippen LogP) is 1.29. The van der Waals surface area contributed by atoms with E-state index in [2.05, 4.69) is 31.2 Å². The van der Waals surface area contributed by atoms with Crippen molar-refractivity contribution in [3.05, 3.63) is 32.2 Å². The first kappa shape index (κ1) is 26.7. The molecular formula is C22H30N6O5S2. The van der Waals surface area contributed by atoms with Crippen molar-refractivity contribution in [2.75, 3.05) is 0 Å². The lowest BCUT2D eigenvalue weighted by Gasteiger charge is -2.26. The molecule has 0 fully saturated rings. The average Bonchev–Trinajstić information content (AvgIpc) is 3.45. The van der Waals surface area contributed by atoms with Gasteiger partial charge in [-0.2, -0.15) is 0 Å². The lowest BCUT2D eigenvalue weighted by molar-refractivity contribution is -0.133. The average molecular weight is 523 g/mol. The minimum atomic E-state index is -1.26. The Bertz CT molecular complexity index is 1100. The summed E-state index contributed by atoms with van der Waals surface area (Å²) in [6.45, 7) is 8.64. The molecule has 0 saturated carbocycles. The number of hydrogen-bond donors (Lipinski definition) is 5. The minimum Gasteiger partial charge on any atom is -0.391 e. The maximum Gasteiger partial charge on any atom is 0.271 e. The molecule has 190 valence electrons. The molecule has 0 spiro atoms. The zero-order chi connectivity index (χ0) is 25.9. The van der Waals surface area contributed by atoms with Crippen LogP contribution in [0.3, 0.4) is 0 Å². The van der Waals surface area contributed by atoms with E-state index in [0.717, 1.165) is 0 Å². The van der Waals surface area contributed by atoms with Crippen LogP contribution in [0, 0.1) is 5.92 Å². The van der Waals surface area contributed by atoms with Crippen LogP contribution in [-0.4, -0.2) is 56.9 Å². The van der Waals surface area contributed by atoms with Gasteiger partial charge >= 0.3 is 0 Å². The van der Waals surface area contributed by atoms with E-state index in [1.165, 1.54) is 29.6 Å². The fraction of sp³-hybridized carbons (Fsp3) is 0.545. The molecule has 5 N–H and O–H groups in total. The number of thiazole rings is 2. The zero-order valence-corrected chi connectivity index (χ0v) is 21.8. The number of nitrogens with one attached hydrogen (secondary N) is 4. The maximum atomic E-state index is 13.1.